The van der Waals surface area contributed by atoms with E-state index in [1.54, 1.807) is 6.92 Å². The summed E-state index contributed by atoms with van der Waals surface area (Å²) in [5.41, 5.74) is 2.32. The summed E-state index contributed by atoms with van der Waals surface area (Å²) in [5.74, 6) is -0.345. The number of anilines is 1. The van der Waals surface area contributed by atoms with Gasteiger partial charge in [-0.15, -0.1) is 16.5 Å². The molecule has 1 fully saturated rings. The third-order valence-corrected chi connectivity index (χ3v) is 5.77. The molecule has 9 heteroatoms. The normalized spacial score (nSPS) is 22.6. The molecule has 8 nitrogen and oxygen atoms in total. The molecule has 25 heavy (non-hydrogen) atoms. The molecule has 2 atom stereocenters. The summed E-state index contributed by atoms with van der Waals surface area (Å²) in [6.07, 6.45) is 0. The van der Waals surface area contributed by atoms with Crippen LogP contribution in [-0.2, 0) is 9.59 Å². The minimum absolute atomic E-state index is 0.0899. The van der Waals surface area contributed by atoms with Crippen molar-refractivity contribution in [1.82, 2.24) is 14.6 Å². The van der Waals surface area contributed by atoms with E-state index in [9.17, 15) is 14.7 Å². The molecule has 1 amide bonds. The number of para-hydroxylation sites is 2. The van der Waals surface area contributed by atoms with E-state index in [0.29, 0.717) is 17.3 Å². The van der Waals surface area contributed by atoms with E-state index in [4.69, 9.17) is 4.84 Å². The van der Waals surface area contributed by atoms with E-state index in [-0.39, 0.29) is 17.0 Å². The van der Waals surface area contributed by atoms with E-state index >= 15 is 0 Å². The van der Waals surface area contributed by atoms with Gasteiger partial charge in [0.25, 0.3) is 5.91 Å². The molecule has 2 aromatic rings. The lowest BCUT2D eigenvalue weighted by Crippen LogP contribution is -2.67. The molecule has 3 heterocycles. The number of carbonyl (C=O) groups excluding carboxylic acids is 1. The van der Waals surface area contributed by atoms with E-state index in [2.05, 4.69) is 10.3 Å². The predicted octanol–water partition coefficient (Wildman–Crippen LogP) is 1.15. The number of fused-ring (bicyclic) bond motifs is 2. The zero-order chi connectivity index (χ0) is 17.7. The van der Waals surface area contributed by atoms with Crippen LogP contribution in [0.1, 0.15) is 6.92 Å². The molecule has 2 aliphatic heterocycles. The van der Waals surface area contributed by atoms with Gasteiger partial charge >= 0.3 is 5.97 Å². The smallest absolute Gasteiger partial charge is 0.352 e. The number of benzene rings is 1. The van der Waals surface area contributed by atoms with Gasteiger partial charge in [0, 0.05) is 5.75 Å². The number of aromatic nitrogens is 2. The first-order chi connectivity index (χ1) is 12.0. The Morgan fingerprint density at radius 2 is 2.20 bits per heavy atom. The number of imidazole rings is 1. The third kappa shape index (κ3) is 2.26. The van der Waals surface area contributed by atoms with Crippen LogP contribution in [0.25, 0.3) is 11.0 Å². The fraction of sp³-hybridized carbons (Fsp3) is 0.312. The van der Waals surface area contributed by atoms with Gasteiger partial charge in [0.2, 0.25) is 5.95 Å². The Morgan fingerprint density at radius 1 is 1.44 bits per heavy atom. The zero-order valence-electron chi connectivity index (χ0n) is 13.6. The number of thioether (sulfide) groups is 1. The van der Waals surface area contributed by atoms with Crippen molar-refractivity contribution in [2.75, 3.05) is 18.2 Å². The van der Waals surface area contributed by atoms with Gasteiger partial charge in [-0.1, -0.05) is 12.1 Å². The first kappa shape index (κ1) is 15.8. The van der Waals surface area contributed by atoms with Gasteiger partial charge in [-0.05, 0) is 24.6 Å². The molecule has 0 spiro atoms. The summed E-state index contributed by atoms with van der Waals surface area (Å²) in [7, 11) is 1.53. The number of carbonyl (C=O) groups is 2. The maximum atomic E-state index is 12.6. The maximum Gasteiger partial charge on any atom is 0.352 e. The Balaban J connectivity index is 1.64. The Kier molecular flexibility index (Phi) is 3.60. The molecule has 0 aliphatic carbocycles. The first-order valence-corrected chi connectivity index (χ1v) is 8.74. The van der Waals surface area contributed by atoms with Gasteiger partial charge in [-0.25, -0.2) is 9.78 Å². The lowest BCUT2D eigenvalue weighted by atomic mass is 10.0. The number of rotatable bonds is 4. The Hall–Kier alpha value is -2.68. The van der Waals surface area contributed by atoms with Crippen molar-refractivity contribution < 1.29 is 19.5 Å². The molecular weight excluding hydrogens is 344 g/mol. The number of β-lactam (4-membered cyclic amide) rings is 1. The summed E-state index contributed by atoms with van der Waals surface area (Å²) in [6, 6.07) is 6.94. The van der Waals surface area contributed by atoms with Crippen molar-refractivity contribution in [3.05, 3.63) is 35.5 Å². The number of aliphatic carboxylic acids is 1. The minimum atomic E-state index is -1.07. The van der Waals surface area contributed by atoms with Gasteiger partial charge in [-0.3, -0.25) is 9.69 Å². The van der Waals surface area contributed by atoms with Crippen molar-refractivity contribution in [2.45, 2.75) is 18.3 Å². The van der Waals surface area contributed by atoms with Gasteiger partial charge in [-0.2, -0.15) is 0 Å². The second-order valence-electron chi connectivity index (χ2n) is 5.87. The number of carboxylic acids is 1. The molecule has 1 aromatic heterocycles. The lowest BCUT2D eigenvalue weighted by Gasteiger charge is -2.49. The van der Waals surface area contributed by atoms with Crippen molar-refractivity contribution in [3.63, 3.8) is 0 Å². The highest BCUT2D eigenvalue weighted by Gasteiger charge is 2.53. The molecule has 0 saturated carbocycles. The number of hydrogen-bond acceptors (Lipinski definition) is 6. The average Bonchev–Trinajstić information content (AvgIpc) is 2.96. The third-order valence-electron chi connectivity index (χ3n) is 4.35. The topological polar surface area (TPSA) is 96.7 Å². The monoisotopic (exact) mass is 360 g/mol. The summed E-state index contributed by atoms with van der Waals surface area (Å²) >= 11 is 1.54. The largest absolute Gasteiger partial charge is 0.477 e. The van der Waals surface area contributed by atoms with Crippen LogP contribution in [0.2, 0.25) is 0 Å². The van der Waals surface area contributed by atoms with E-state index < -0.39 is 12.0 Å². The van der Waals surface area contributed by atoms with Crippen LogP contribution in [0.3, 0.4) is 0 Å². The number of nitrogens with one attached hydrogen (secondary N) is 1. The Labute approximate surface area is 147 Å². The molecule has 4 rings (SSSR count). The number of nitrogens with zero attached hydrogens (tertiary/aromatic N) is 3. The quantitative estimate of drug-likeness (QED) is 0.790. The van der Waals surface area contributed by atoms with Gasteiger partial charge in [0.15, 0.2) is 0 Å². The molecule has 1 saturated heterocycles. The Morgan fingerprint density at radius 3 is 2.92 bits per heavy atom. The maximum absolute atomic E-state index is 12.6. The fourth-order valence-electron chi connectivity index (χ4n) is 3.19. The van der Waals surface area contributed by atoms with Gasteiger partial charge in [0.05, 0.1) is 5.52 Å². The number of hydrogen-bond donors (Lipinski definition) is 2. The zero-order valence-corrected chi connectivity index (χ0v) is 14.4. The fourth-order valence-corrected chi connectivity index (χ4v) is 4.49. The van der Waals surface area contributed by atoms with E-state index in [0.717, 1.165) is 11.0 Å². The minimum Gasteiger partial charge on any atom is -0.477 e. The van der Waals surface area contributed by atoms with Crippen molar-refractivity contribution >= 4 is 40.6 Å². The molecule has 2 N–H and O–H groups in total. The van der Waals surface area contributed by atoms with Gasteiger partial charge < -0.3 is 15.3 Å². The van der Waals surface area contributed by atoms with Crippen LogP contribution in [-0.4, -0.2) is 55.9 Å². The summed E-state index contributed by atoms with van der Waals surface area (Å²) in [5, 5.41) is 12.2. The second-order valence-corrected chi connectivity index (χ2v) is 6.97. The highest BCUT2D eigenvalue weighted by atomic mass is 32.2. The highest BCUT2D eigenvalue weighted by Crippen LogP contribution is 2.41. The van der Waals surface area contributed by atoms with Crippen LogP contribution in [0.15, 0.2) is 35.5 Å². The SMILES string of the molecule is COn1c(NC2C(=O)N3C(C(=O)O)=C(C)CS[C@@H]23)nc2ccccc21. The molecule has 130 valence electrons. The summed E-state index contributed by atoms with van der Waals surface area (Å²) in [6.45, 7) is 1.74. The average molecular weight is 360 g/mol. The highest BCUT2D eigenvalue weighted by molar-refractivity contribution is 8.00. The first-order valence-electron chi connectivity index (χ1n) is 7.69. The van der Waals surface area contributed by atoms with Crippen LogP contribution in [0.5, 0.6) is 0 Å². The van der Waals surface area contributed by atoms with Crippen molar-refractivity contribution in [1.29, 1.82) is 0 Å². The molecule has 0 radical (unpaired) electrons. The van der Waals surface area contributed by atoms with Crippen molar-refractivity contribution in [2.24, 2.45) is 0 Å². The van der Waals surface area contributed by atoms with E-state index in [1.165, 1.54) is 28.5 Å². The number of carboxylic acid groups (broad SMARTS) is 1. The molecule has 1 unspecified atom stereocenters. The van der Waals surface area contributed by atoms with Crippen LogP contribution in [0.4, 0.5) is 5.95 Å². The molecule has 2 aliphatic rings. The number of amides is 1. The molecular formula is C16H16N4O4S. The lowest BCUT2D eigenvalue weighted by molar-refractivity contribution is -0.147. The second kappa shape index (κ2) is 5.69. The van der Waals surface area contributed by atoms with Crippen LogP contribution in [0, 0.1) is 0 Å². The summed E-state index contributed by atoms with van der Waals surface area (Å²) < 4.78 is 1.53. The predicted molar refractivity (Wildman–Crippen MR) is 93.1 cm³/mol. The van der Waals surface area contributed by atoms with E-state index in [1.807, 2.05) is 24.3 Å². The van der Waals surface area contributed by atoms with Crippen LogP contribution < -0.4 is 10.2 Å². The van der Waals surface area contributed by atoms with Crippen LogP contribution >= 0.6 is 11.8 Å². The Bertz CT molecular complexity index is 922. The van der Waals surface area contributed by atoms with Crippen molar-refractivity contribution in [3.8, 4) is 0 Å². The molecule has 1 aromatic carbocycles. The summed E-state index contributed by atoms with van der Waals surface area (Å²) in [4.78, 5) is 35.2. The van der Waals surface area contributed by atoms with Gasteiger partial charge in [0.1, 0.15) is 29.7 Å². The molecule has 0 bridgehead atoms. The standard InChI is InChI=1S/C16H16N4O4S/c1-8-7-25-14-11(13(21)19(14)12(8)15(22)23)18-16-17-9-5-3-4-6-10(9)20(16)24-2/h3-6,11,14H,7H2,1-2H3,(H,17,18)(H,22,23)/t11?,14-/m0/s1.